The molecular weight excluding hydrogens is 197 g/mol. The van der Waals surface area contributed by atoms with Crippen LogP contribution in [0, 0.1) is 0 Å². The van der Waals surface area contributed by atoms with E-state index in [4.69, 9.17) is 5.11 Å². The summed E-state index contributed by atoms with van der Waals surface area (Å²) in [6.45, 7) is -1.39. The van der Waals surface area contributed by atoms with Gasteiger partial charge in [0.25, 0.3) is 0 Å². The largest absolute Gasteiger partial charge is 0.423 e. The van der Waals surface area contributed by atoms with Crippen LogP contribution in [0.4, 0.5) is 13.2 Å². The molecule has 2 nitrogen and oxygen atoms in total. The molecule has 0 amide bonds. The lowest BCUT2D eigenvalue weighted by molar-refractivity contribution is -0.277. The molecule has 78 valence electrons. The maximum Gasteiger partial charge on any atom is 0.423 e. The molecule has 1 aromatic carbocycles. The van der Waals surface area contributed by atoms with Crippen molar-refractivity contribution in [2.24, 2.45) is 0 Å². The minimum Gasteiger partial charge on any atom is -0.393 e. The zero-order valence-electron chi connectivity index (χ0n) is 7.12. The van der Waals surface area contributed by atoms with Crippen LogP contribution in [0.2, 0.25) is 0 Å². The molecule has 1 rings (SSSR count). The number of rotatable bonds is 2. The van der Waals surface area contributed by atoms with E-state index in [2.05, 4.69) is 0 Å². The fraction of sp³-hybridized carbons (Fsp3) is 0.333. The van der Waals surface area contributed by atoms with Crippen LogP contribution in [-0.4, -0.2) is 23.0 Å². The second kappa shape index (κ2) is 3.59. The van der Waals surface area contributed by atoms with E-state index < -0.39 is 18.4 Å². The summed E-state index contributed by atoms with van der Waals surface area (Å²) in [6, 6.07) is 6.48. The van der Waals surface area contributed by atoms with Gasteiger partial charge in [-0.05, 0) is 5.56 Å². The lowest BCUT2D eigenvalue weighted by Crippen LogP contribution is -2.45. The zero-order chi connectivity index (χ0) is 10.8. The van der Waals surface area contributed by atoms with Gasteiger partial charge in [-0.2, -0.15) is 13.2 Å². The molecule has 5 heteroatoms. The van der Waals surface area contributed by atoms with E-state index in [9.17, 15) is 18.3 Å². The summed E-state index contributed by atoms with van der Waals surface area (Å²) in [5.41, 5.74) is -3.54. The first kappa shape index (κ1) is 11.0. The molecule has 0 unspecified atom stereocenters. The quantitative estimate of drug-likeness (QED) is 0.768. The van der Waals surface area contributed by atoms with E-state index in [-0.39, 0.29) is 5.56 Å². The molecule has 0 heterocycles. The molecule has 0 radical (unpaired) electrons. The molecule has 0 spiro atoms. The minimum absolute atomic E-state index is 0.366. The van der Waals surface area contributed by atoms with Crippen molar-refractivity contribution in [2.75, 3.05) is 6.61 Å². The number of alkyl halides is 3. The average Bonchev–Trinajstić information content (AvgIpc) is 2.16. The molecule has 1 atom stereocenters. The summed E-state index contributed by atoms with van der Waals surface area (Å²) < 4.78 is 37.1. The highest BCUT2D eigenvalue weighted by Crippen LogP contribution is 2.38. The van der Waals surface area contributed by atoms with E-state index in [1.807, 2.05) is 0 Å². The first-order valence-electron chi connectivity index (χ1n) is 3.87. The van der Waals surface area contributed by atoms with Crippen molar-refractivity contribution in [2.45, 2.75) is 11.8 Å². The van der Waals surface area contributed by atoms with Gasteiger partial charge < -0.3 is 10.2 Å². The molecule has 0 saturated heterocycles. The van der Waals surface area contributed by atoms with Gasteiger partial charge in [0.05, 0.1) is 6.61 Å². The molecule has 0 saturated carbocycles. The highest BCUT2D eigenvalue weighted by Gasteiger charge is 2.54. The third kappa shape index (κ3) is 1.73. The average molecular weight is 206 g/mol. The van der Waals surface area contributed by atoms with Gasteiger partial charge in [0, 0.05) is 0 Å². The van der Waals surface area contributed by atoms with Crippen LogP contribution < -0.4 is 0 Å². The van der Waals surface area contributed by atoms with Gasteiger partial charge in [-0.1, -0.05) is 30.3 Å². The van der Waals surface area contributed by atoms with Crippen LogP contribution in [0.5, 0.6) is 0 Å². The van der Waals surface area contributed by atoms with E-state index in [1.54, 1.807) is 0 Å². The molecule has 0 fully saturated rings. The van der Waals surface area contributed by atoms with Gasteiger partial charge >= 0.3 is 6.18 Å². The van der Waals surface area contributed by atoms with E-state index in [0.717, 1.165) is 12.1 Å². The van der Waals surface area contributed by atoms with Crippen molar-refractivity contribution < 1.29 is 23.4 Å². The summed E-state index contributed by atoms with van der Waals surface area (Å²) in [7, 11) is 0. The number of halogens is 3. The fourth-order valence-electron chi connectivity index (χ4n) is 1.06. The Morgan fingerprint density at radius 2 is 1.57 bits per heavy atom. The minimum atomic E-state index is -4.89. The molecule has 0 bridgehead atoms. The van der Waals surface area contributed by atoms with Crippen LogP contribution in [0.15, 0.2) is 30.3 Å². The van der Waals surface area contributed by atoms with Crippen LogP contribution in [-0.2, 0) is 5.60 Å². The molecule has 1 aromatic rings. The Kier molecular flexibility index (Phi) is 2.82. The fourth-order valence-corrected chi connectivity index (χ4v) is 1.06. The van der Waals surface area contributed by atoms with Gasteiger partial charge in [-0.3, -0.25) is 0 Å². The monoisotopic (exact) mass is 206 g/mol. The van der Waals surface area contributed by atoms with Crippen molar-refractivity contribution in [3.05, 3.63) is 35.9 Å². The van der Waals surface area contributed by atoms with Gasteiger partial charge in [-0.15, -0.1) is 0 Å². The molecule has 0 aromatic heterocycles. The number of hydrogen-bond acceptors (Lipinski definition) is 2. The Morgan fingerprint density at radius 3 is 1.93 bits per heavy atom. The summed E-state index contributed by atoms with van der Waals surface area (Å²) >= 11 is 0. The van der Waals surface area contributed by atoms with E-state index >= 15 is 0 Å². The highest BCUT2D eigenvalue weighted by atomic mass is 19.4. The summed E-state index contributed by atoms with van der Waals surface area (Å²) in [5.74, 6) is 0. The summed E-state index contributed by atoms with van der Waals surface area (Å²) in [4.78, 5) is 0. The predicted molar refractivity (Wildman–Crippen MR) is 43.5 cm³/mol. The molecular formula is C9H9F3O2. The summed E-state index contributed by atoms with van der Waals surface area (Å²) in [6.07, 6.45) is -4.89. The standard InChI is InChI=1S/C9H9F3O2/c10-9(11,12)8(14,6-13)7-4-2-1-3-5-7/h1-5,13-14H,6H2/t8-/m1/s1. The zero-order valence-corrected chi connectivity index (χ0v) is 7.12. The Labute approximate surface area is 78.6 Å². The Morgan fingerprint density at radius 1 is 1.07 bits per heavy atom. The van der Waals surface area contributed by atoms with Crippen LogP contribution in [0.25, 0.3) is 0 Å². The first-order valence-corrected chi connectivity index (χ1v) is 3.87. The van der Waals surface area contributed by atoms with Crippen molar-refractivity contribution in [3.8, 4) is 0 Å². The molecule has 0 aliphatic heterocycles. The van der Waals surface area contributed by atoms with Gasteiger partial charge in [0.1, 0.15) is 0 Å². The summed E-state index contributed by atoms with van der Waals surface area (Å²) in [5, 5.41) is 17.9. The van der Waals surface area contributed by atoms with Crippen LogP contribution in [0.1, 0.15) is 5.56 Å². The lowest BCUT2D eigenvalue weighted by Gasteiger charge is -2.28. The normalized spacial score (nSPS) is 16.4. The SMILES string of the molecule is OC[C@@](O)(c1ccccc1)C(F)(F)F. The van der Waals surface area contributed by atoms with E-state index in [1.165, 1.54) is 18.2 Å². The second-order valence-electron chi connectivity index (χ2n) is 2.88. The van der Waals surface area contributed by atoms with Crippen molar-refractivity contribution in [1.29, 1.82) is 0 Å². The lowest BCUT2D eigenvalue weighted by atomic mass is 9.94. The second-order valence-corrected chi connectivity index (χ2v) is 2.88. The molecule has 0 aliphatic carbocycles. The van der Waals surface area contributed by atoms with Crippen molar-refractivity contribution >= 4 is 0 Å². The van der Waals surface area contributed by atoms with Crippen LogP contribution in [0.3, 0.4) is 0 Å². The maximum absolute atomic E-state index is 12.4. The van der Waals surface area contributed by atoms with E-state index in [0.29, 0.717) is 0 Å². The third-order valence-corrected chi connectivity index (χ3v) is 1.95. The van der Waals surface area contributed by atoms with Gasteiger partial charge in [0.2, 0.25) is 5.60 Å². The van der Waals surface area contributed by atoms with Crippen molar-refractivity contribution in [3.63, 3.8) is 0 Å². The Bertz CT molecular complexity index is 297. The third-order valence-electron chi connectivity index (χ3n) is 1.95. The van der Waals surface area contributed by atoms with Crippen LogP contribution >= 0.6 is 0 Å². The smallest absolute Gasteiger partial charge is 0.393 e. The maximum atomic E-state index is 12.4. The first-order chi connectivity index (χ1) is 6.42. The predicted octanol–water partition coefficient (Wildman–Crippen LogP) is 1.43. The highest BCUT2D eigenvalue weighted by molar-refractivity contribution is 5.24. The molecule has 0 aliphatic rings. The van der Waals surface area contributed by atoms with Gasteiger partial charge in [-0.25, -0.2) is 0 Å². The number of benzene rings is 1. The van der Waals surface area contributed by atoms with Crippen molar-refractivity contribution in [1.82, 2.24) is 0 Å². The Balaban J connectivity index is 3.15. The Hall–Kier alpha value is -1.07. The van der Waals surface area contributed by atoms with Gasteiger partial charge in [0.15, 0.2) is 0 Å². The number of aliphatic hydroxyl groups excluding tert-OH is 1. The topological polar surface area (TPSA) is 40.5 Å². The molecule has 2 N–H and O–H groups in total. The number of aliphatic hydroxyl groups is 2. The number of hydrogen-bond donors (Lipinski definition) is 2. The molecule has 14 heavy (non-hydrogen) atoms.